The van der Waals surface area contributed by atoms with Crippen LogP contribution in [0.1, 0.15) is 95.2 Å². The molecule has 6 atom stereocenters. The second-order valence-electron chi connectivity index (χ2n) is 15.9. The number of carbonyl (C=O) groups excluding carboxylic acids is 1. The number of hydrogen-bond donors (Lipinski definition) is 1. The Morgan fingerprint density at radius 2 is 1.57 bits per heavy atom. The van der Waals surface area contributed by atoms with Crippen LogP contribution < -0.4 is 4.74 Å². The maximum atomic E-state index is 11.9. The van der Waals surface area contributed by atoms with Crippen molar-refractivity contribution in [2.24, 2.45) is 29.1 Å². The number of likely N-dealkylation sites (N-methyl/N-ethyl adjacent to an activating group) is 1. The van der Waals surface area contributed by atoms with Crippen molar-refractivity contribution < 1.29 is 14.6 Å². The Morgan fingerprint density at radius 1 is 0.922 bits per heavy atom. The van der Waals surface area contributed by atoms with Crippen molar-refractivity contribution in [1.29, 1.82) is 0 Å². The fraction of sp³-hybridized carbons (Fsp3) is 0.468. The van der Waals surface area contributed by atoms with Gasteiger partial charge in [-0.05, 0) is 123 Å². The molecule has 0 amide bonds. The molecular formula is C47H57NO3. The SMILES string of the molecule is C#C[C@]1(O)CC[C@H]2[C@@H]3[C@H](C)CC4=C(CCC(=O)C4)[C@H]3CC[C@@]21C.CC/C(=C(\c1ccccc1)c1ccc(OCCN(C)C)cc1)c1ccccc1. The van der Waals surface area contributed by atoms with Gasteiger partial charge in [0.2, 0.25) is 0 Å². The second-order valence-corrected chi connectivity index (χ2v) is 15.9. The lowest BCUT2D eigenvalue weighted by atomic mass is 9.50. The highest BCUT2D eigenvalue weighted by Crippen LogP contribution is 2.65. The molecule has 4 heteroatoms. The Labute approximate surface area is 307 Å². The largest absolute Gasteiger partial charge is 0.492 e. The van der Waals surface area contributed by atoms with Crippen LogP contribution in [0.3, 0.4) is 0 Å². The average molecular weight is 684 g/mol. The number of carbonyl (C=O) groups is 1. The minimum atomic E-state index is -0.917. The van der Waals surface area contributed by atoms with Crippen molar-refractivity contribution in [2.45, 2.75) is 84.2 Å². The molecule has 4 nitrogen and oxygen atoms in total. The summed E-state index contributed by atoms with van der Waals surface area (Å²) in [5.74, 6) is 6.51. The van der Waals surface area contributed by atoms with Crippen LogP contribution in [0, 0.1) is 41.4 Å². The molecule has 4 aliphatic carbocycles. The van der Waals surface area contributed by atoms with E-state index in [2.05, 4.69) is 131 Å². The molecule has 0 radical (unpaired) electrons. The van der Waals surface area contributed by atoms with E-state index >= 15 is 0 Å². The van der Waals surface area contributed by atoms with E-state index in [0.717, 1.165) is 63.7 Å². The number of allylic oxidation sites excluding steroid dienone is 3. The van der Waals surface area contributed by atoms with E-state index < -0.39 is 5.60 Å². The third-order valence-corrected chi connectivity index (χ3v) is 12.7. The Bertz CT molecular complexity index is 1770. The van der Waals surface area contributed by atoms with Gasteiger partial charge in [-0.25, -0.2) is 0 Å². The van der Waals surface area contributed by atoms with Gasteiger partial charge >= 0.3 is 0 Å². The van der Waals surface area contributed by atoms with E-state index in [0.29, 0.717) is 42.5 Å². The first-order chi connectivity index (χ1) is 24.6. The highest BCUT2D eigenvalue weighted by atomic mass is 16.5. The standard InChI is InChI=1S/C26H29NO.C21H28O2/c1-4-25(21-11-7-5-8-12-21)26(22-13-9-6-10-14-22)23-15-17-24(18-16-23)28-20-19-27(2)3;1-4-21(23)10-8-18-19-13(2)11-14-12-15(22)5-6-16(14)17(19)7-9-20(18,21)3/h5-18H,4,19-20H2,1-3H3;1,13,17-19,23H,5-12H2,2-3H3/b26-25-;/t;13-,17-,18+,19-,20+,21+/m.1/s1. The van der Waals surface area contributed by atoms with Gasteiger partial charge in [-0.3, -0.25) is 4.79 Å². The van der Waals surface area contributed by atoms with Gasteiger partial charge in [-0.15, -0.1) is 6.42 Å². The summed E-state index contributed by atoms with van der Waals surface area (Å²) in [6, 6.07) is 29.8. The number of rotatable bonds is 8. The summed E-state index contributed by atoms with van der Waals surface area (Å²) in [4.78, 5) is 14.0. The summed E-state index contributed by atoms with van der Waals surface area (Å²) < 4.78 is 5.87. The third kappa shape index (κ3) is 7.53. The number of aliphatic hydroxyl groups is 1. The summed E-state index contributed by atoms with van der Waals surface area (Å²) in [7, 11) is 4.11. The summed E-state index contributed by atoms with van der Waals surface area (Å²) >= 11 is 0. The molecule has 0 saturated heterocycles. The van der Waals surface area contributed by atoms with E-state index in [9.17, 15) is 9.90 Å². The van der Waals surface area contributed by atoms with Crippen LogP contribution >= 0.6 is 0 Å². The molecule has 1 N–H and O–H groups in total. The van der Waals surface area contributed by atoms with Gasteiger partial charge in [0, 0.05) is 24.8 Å². The van der Waals surface area contributed by atoms with Gasteiger partial charge in [0.05, 0.1) is 0 Å². The fourth-order valence-corrected chi connectivity index (χ4v) is 10.1. The molecule has 268 valence electrons. The number of ether oxygens (including phenoxy) is 1. The molecule has 2 fully saturated rings. The lowest BCUT2D eigenvalue weighted by Gasteiger charge is -2.55. The van der Waals surface area contributed by atoms with Crippen LogP contribution in [-0.4, -0.2) is 48.6 Å². The van der Waals surface area contributed by atoms with Gasteiger partial charge in [-0.1, -0.05) is 111 Å². The Kier molecular flexibility index (Phi) is 11.4. The zero-order chi connectivity index (χ0) is 36.2. The van der Waals surface area contributed by atoms with Crippen LogP contribution in [0.15, 0.2) is 96.1 Å². The van der Waals surface area contributed by atoms with Gasteiger partial charge in [0.1, 0.15) is 23.7 Å². The zero-order valence-electron chi connectivity index (χ0n) is 31.5. The number of Topliss-reactive ketones (excluding diaryl/α,β-unsaturated/α-hetero) is 1. The van der Waals surface area contributed by atoms with Crippen molar-refractivity contribution in [3.63, 3.8) is 0 Å². The van der Waals surface area contributed by atoms with Crippen molar-refractivity contribution in [2.75, 3.05) is 27.2 Å². The highest BCUT2D eigenvalue weighted by molar-refractivity contribution is 5.98. The van der Waals surface area contributed by atoms with Crippen LogP contribution in [0.25, 0.3) is 11.1 Å². The van der Waals surface area contributed by atoms with E-state index in [-0.39, 0.29) is 5.41 Å². The normalized spacial score (nSPS) is 28.8. The maximum Gasteiger partial charge on any atom is 0.137 e. The molecule has 0 aliphatic heterocycles. The predicted octanol–water partition coefficient (Wildman–Crippen LogP) is 9.88. The maximum absolute atomic E-state index is 11.9. The molecule has 51 heavy (non-hydrogen) atoms. The van der Waals surface area contributed by atoms with E-state index in [1.165, 1.54) is 33.4 Å². The first-order valence-electron chi connectivity index (χ1n) is 19.2. The number of terminal acetylenes is 1. The van der Waals surface area contributed by atoms with E-state index in [4.69, 9.17) is 11.2 Å². The lowest BCUT2D eigenvalue weighted by molar-refractivity contribution is -0.119. The molecule has 7 rings (SSSR count). The average Bonchev–Trinajstić information content (AvgIpc) is 3.41. The van der Waals surface area contributed by atoms with E-state index in [1.54, 1.807) is 5.57 Å². The monoisotopic (exact) mass is 683 g/mol. The molecule has 3 aromatic carbocycles. The zero-order valence-corrected chi connectivity index (χ0v) is 31.5. The van der Waals surface area contributed by atoms with Crippen molar-refractivity contribution in [3.05, 3.63) is 113 Å². The summed E-state index contributed by atoms with van der Waals surface area (Å²) in [5.41, 5.74) is 8.41. The first kappa shape index (κ1) is 36.9. The van der Waals surface area contributed by atoms with Crippen LogP contribution in [0.2, 0.25) is 0 Å². The number of nitrogens with zero attached hydrogens (tertiary/aromatic N) is 1. The summed E-state index contributed by atoms with van der Waals surface area (Å²) in [6.45, 7) is 8.42. The molecule has 4 aliphatic rings. The van der Waals surface area contributed by atoms with Crippen molar-refractivity contribution in [3.8, 4) is 18.1 Å². The Balaban J connectivity index is 0.000000179. The molecule has 0 bridgehead atoms. The minimum absolute atomic E-state index is 0.125. The van der Waals surface area contributed by atoms with Crippen molar-refractivity contribution in [1.82, 2.24) is 4.90 Å². The molecule has 0 spiro atoms. The van der Waals surface area contributed by atoms with Gasteiger partial charge in [-0.2, -0.15) is 0 Å². The second kappa shape index (κ2) is 15.8. The number of fused-ring (bicyclic) bond motifs is 4. The molecule has 0 unspecified atom stereocenters. The summed E-state index contributed by atoms with van der Waals surface area (Å²) in [6.07, 6.45) is 14.2. The number of benzene rings is 3. The molecule has 0 aromatic heterocycles. The third-order valence-electron chi connectivity index (χ3n) is 12.7. The van der Waals surface area contributed by atoms with Crippen LogP contribution in [0.5, 0.6) is 5.75 Å². The lowest BCUT2D eigenvalue weighted by Crippen LogP contribution is -2.52. The molecule has 2 saturated carbocycles. The molecule has 0 heterocycles. The van der Waals surface area contributed by atoms with Crippen molar-refractivity contribution >= 4 is 16.9 Å². The Hall–Kier alpha value is -3.91. The Morgan fingerprint density at radius 3 is 2.20 bits per heavy atom. The quantitative estimate of drug-likeness (QED) is 0.146. The smallest absolute Gasteiger partial charge is 0.137 e. The fourth-order valence-electron chi connectivity index (χ4n) is 10.1. The van der Waals surface area contributed by atoms with Gasteiger partial charge < -0.3 is 14.7 Å². The topological polar surface area (TPSA) is 49.8 Å². The number of hydrogen-bond acceptors (Lipinski definition) is 4. The van der Waals surface area contributed by atoms with Gasteiger partial charge in [0.15, 0.2) is 0 Å². The highest BCUT2D eigenvalue weighted by Gasteiger charge is 2.62. The predicted molar refractivity (Wildman–Crippen MR) is 210 cm³/mol. The van der Waals surface area contributed by atoms with Crippen LogP contribution in [-0.2, 0) is 4.79 Å². The molecule has 3 aromatic rings. The van der Waals surface area contributed by atoms with E-state index in [1.807, 2.05) is 0 Å². The minimum Gasteiger partial charge on any atom is -0.492 e. The van der Waals surface area contributed by atoms with Crippen LogP contribution in [0.4, 0.5) is 0 Å². The van der Waals surface area contributed by atoms with Gasteiger partial charge in [0.25, 0.3) is 0 Å². The summed E-state index contributed by atoms with van der Waals surface area (Å²) in [5, 5.41) is 11.0. The first-order valence-corrected chi connectivity index (χ1v) is 19.2. The number of ketones is 1. The molecular weight excluding hydrogens is 627 g/mol.